The van der Waals surface area contributed by atoms with Crippen molar-refractivity contribution in [1.82, 2.24) is 14.5 Å². The van der Waals surface area contributed by atoms with Gasteiger partial charge in [0.05, 0.1) is 23.7 Å². The highest BCUT2D eigenvalue weighted by Gasteiger charge is 2.20. The summed E-state index contributed by atoms with van der Waals surface area (Å²) in [5.41, 5.74) is 2.73. The first-order valence-electron chi connectivity index (χ1n) is 11.1. The number of rotatable bonds is 8. The lowest BCUT2D eigenvalue weighted by atomic mass is 10.2. The molecule has 2 aromatic carbocycles. The minimum Gasteiger partial charge on any atom is -0.457 e. The Kier molecular flexibility index (Phi) is 6.46. The number of nitrogens with zero attached hydrogens (tertiary/aromatic N) is 4. The van der Waals surface area contributed by atoms with E-state index < -0.39 is 0 Å². The molecular weight excluding hydrogens is 498 g/mol. The highest BCUT2D eigenvalue weighted by Crippen LogP contribution is 2.29. The van der Waals surface area contributed by atoms with Crippen molar-refractivity contribution in [3.8, 4) is 11.5 Å². The second-order valence-electron chi connectivity index (χ2n) is 8.12. The number of imidazole rings is 1. The van der Waals surface area contributed by atoms with Gasteiger partial charge in [0.25, 0.3) is 0 Å². The summed E-state index contributed by atoms with van der Waals surface area (Å²) < 4.78 is 14.8. The van der Waals surface area contributed by atoms with Crippen LogP contribution in [0, 0.1) is 0 Å². The lowest BCUT2D eigenvalue weighted by Crippen LogP contribution is -2.31. The van der Waals surface area contributed by atoms with E-state index in [9.17, 15) is 4.79 Å². The van der Waals surface area contributed by atoms with Crippen molar-refractivity contribution in [3.63, 3.8) is 0 Å². The number of pyridine rings is 1. The molecule has 34 heavy (non-hydrogen) atoms. The van der Waals surface area contributed by atoms with Crippen molar-refractivity contribution in [2.24, 2.45) is 7.05 Å². The highest BCUT2D eigenvalue weighted by molar-refractivity contribution is 9.10. The van der Waals surface area contributed by atoms with Gasteiger partial charge in [-0.25, -0.2) is 9.97 Å². The van der Waals surface area contributed by atoms with Gasteiger partial charge in [-0.1, -0.05) is 15.9 Å². The lowest BCUT2D eigenvalue weighted by molar-refractivity contribution is -0.107. The monoisotopic (exact) mass is 521 g/mol. The minimum atomic E-state index is 0.0448. The van der Waals surface area contributed by atoms with Crippen LogP contribution in [0.4, 0.5) is 17.5 Å². The van der Waals surface area contributed by atoms with Crippen LogP contribution in [0.15, 0.2) is 65.3 Å². The Labute approximate surface area is 205 Å². The first-order valence-corrected chi connectivity index (χ1v) is 11.8. The van der Waals surface area contributed by atoms with E-state index in [1.807, 2.05) is 54.1 Å². The van der Waals surface area contributed by atoms with Crippen LogP contribution in [0.2, 0.25) is 0 Å². The van der Waals surface area contributed by atoms with Crippen LogP contribution >= 0.6 is 15.9 Å². The fourth-order valence-electron chi connectivity index (χ4n) is 3.97. The molecule has 0 bridgehead atoms. The summed E-state index contributed by atoms with van der Waals surface area (Å²) >= 11 is 3.45. The molecule has 5 rings (SSSR count). The summed E-state index contributed by atoms with van der Waals surface area (Å²) in [6, 6.07) is 17.2. The van der Waals surface area contributed by atoms with Crippen molar-refractivity contribution in [2.75, 3.05) is 23.4 Å². The summed E-state index contributed by atoms with van der Waals surface area (Å²) in [6.07, 6.45) is 4.43. The Hall–Kier alpha value is -3.43. The van der Waals surface area contributed by atoms with E-state index in [0.29, 0.717) is 23.9 Å². The highest BCUT2D eigenvalue weighted by atomic mass is 79.9. The number of aryl methyl sites for hydroxylation is 1. The van der Waals surface area contributed by atoms with Crippen LogP contribution in [0.1, 0.15) is 12.8 Å². The van der Waals surface area contributed by atoms with E-state index in [0.717, 1.165) is 53.0 Å². The number of ether oxygens (including phenoxy) is 2. The molecule has 1 unspecified atom stereocenters. The van der Waals surface area contributed by atoms with Crippen molar-refractivity contribution < 1.29 is 14.3 Å². The Bertz CT molecular complexity index is 1300. The zero-order valence-corrected chi connectivity index (χ0v) is 20.2. The average Bonchev–Trinajstić information content (AvgIpc) is 3.47. The van der Waals surface area contributed by atoms with Crippen LogP contribution in [0.3, 0.4) is 0 Å². The number of anilines is 3. The molecule has 8 nitrogen and oxygen atoms in total. The molecule has 0 aliphatic carbocycles. The number of amides is 1. The van der Waals surface area contributed by atoms with Gasteiger partial charge in [0.2, 0.25) is 12.4 Å². The number of hydrogen-bond donors (Lipinski definition) is 1. The fourth-order valence-corrected chi connectivity index (χ4v) is 4.24. The van der Waals surface area contributed by atoms with Crippen LogP contribution in [0.5, 0.6) is 11.5 Å². The molecule has 3 heterocycles. The summed E-state index contributed by atoms with van der Waals surface area (Å²) in [5.74, 6) is 2.50. The van der Waals surface area contributed by atoms with Crippen molar-refractivity contribution in [1.29, 1.82) is 0 Å². The molecule has 9 heteroatoms. The van der Waals surface area contributed by atoms with Crippen LogP contribution < -0.4 is 15.0 Å². The molecule has 174 valence electrons. The molecule has 2 aromatic heterocycles. The van der Waals surface area contributed by atoms with E-state index in [4.69, 9.17) is 14.5 Å². The zero-order valence-electron chi connectivity index (χ0n) is 18.6. The number of benzene rings is 2. The third-order valence-electron chi connectivity index (χ3n) is 5.75. The maximum absolute atomic E-state index is 11.7. The standard InChI is InChI=1S/C25H24BrN5O3/c1-30-23-9-8-19(13-22(23)29-25(30)28-18-6-4-17(26)5-7-18)34-20-10-11-27-24(14-20)31(16-32)15-21-3-2-12-33-21/h4-11,13-14,16,21H,2-3,12,15H2,1H3,(H,28,29). The van der Waals surface area contributed by atoms with Crippen molar-refractivity contribution in [3.05, 3.63) is 65.3 Å². The molecule has 0 saturated carbocycles. The van der Waals surface area contributed by atoms with Crippen LogP contribution in [-0.4, -0.2) is 40.2 Å². The number of fused-ring (bicyclic) bond motifs is 1. The predicted molar refractivity (Wildman–Crippen MR) is 135 cm³/mol. The maximum atomic E-state index is 11.7. The largest absolute Gasteiger partial charge is 0.457 e. The molecule has 0 radical (unpaired) electrons. The predicted octanol–water partition coefficient (Wildman–Crippen LogP) is 5.41. The molecule has 1 atom stereocenters. The van der Waals surface area contributed by atoms with Crippen LogP contribution in [0.25, 0.3) is 11.0 Å². The molecule has 4 aromatic rings. The third kappa shape index (κ3) is 4.90. The SMILES string of the molecule is Cn1c(Nc2ccc(Br)cc2)nc2cc(Oc3ccnc(N(C=O)CC4CCCO4)c3)ccc21. The summed E-state index contributed by atoms with van der Waals surface area (Å²) in [7, 11) is 1.97. The summed E-state index contributed by atoms with van der Waals surface area (Å²) in [5, 5.41) is 3.35. The number of carbonyl (C=O) groups is 1. The van der Waals surface area contributed by atoms with E-state index in [-0.39, 0.29) is 6.10 Å². The first kappa shape index (κ1) is 22.4. The van der Waals surface area contributed by atoms with Crippen molar-refractivity contribution >= 4 is 50.8 Å². The van der Waals surface area contributed by atoms with Gasteiger partial charge in [-0.05, 0) is 55.3 Å². The van der Waals surface area contributed by atoms with E-state index >= 15 is 0 Å². The average molecular weight is 522 g/mol. The van der Waals surface area contributed by atoms with Gasteiger partial charge in [-0.2, -0.15) is 0 Å². The lowest BCUT2D eigenvalue weighted by Gasteiger charge is -2.20. The third-order valence-corrected chi connectivity index (χ3v) is 6.28. The number of halogens is 1. The maximum Gasteiger partial charge on any atom is 0.215 e. The normalized spacial score (nSPS) is 15.4. The number of carbonyl (C=O) groups excluding carboxylic acids is 1. The Balaban J connectivity index is 1.34. The fraction of sp³-hybridized carbons (Fsp3) is 0.240. The van der Waals surface area contributed by atoms with Gasteiger partial charge >= 0.3 is 0 Å². The van der Waals surface area contributed by atoms with Crippen LogP contribution in [-0.2, 0) is 16.6 Å². The number of hydrogen-bond acceptors (Lipinski definition) is 6. The van der Waals surface area contributed by atoms with Gasteiger partial charge in [0, 0.05) is 42.1 Å². The molecule has 1 aliphatic heterocycles. The molecule has 1 amide bonds. The Morgan fingerprint density at radius 3 is 2.79 bits per heavy atom. The molecule has 1 saturated heterocycles. The van der Waals surface area contributed by atoms with Gasteiger partial charge in [0.15, 0.2) is 0 Å². The summed E-state index contributed by atoms with van der Waals surface area (Å²) in [4.78, 5) is 22.3. The minimum absolute atomic E-state index is 0.0448. The number of nitrogens with one attached hydrogen (secondary N) is 1. The second kappa shape index (κ2) is 9.82. The van der Waals surface area contributed by atoms with E-state index in [1.165, 1.54) is 0 Å². The second-order valence-corrected chi connectivity index (χ2v) is 9.04. The number of aromatic nitrogens is 3. The van der Waals surface area contributed by atoms with Gasteiger partial charge in [-0.3, -0.25) is 9.69 Å². The quantitative estimate of drug-likeness (QED) is 0.312. The van der Waals surface area contributed by atoms with Gasteiger partial charge in [-0.15, -0.1) is 0 Å². The van der Waals surface area contributed by atoms with Gasteiger partial charge in [0.1, 0.15) is 17.3 Å². The Morgan fingerprint density at radius 2 is 2.03 bits per heavy atom. The molecule has 0 spiro atoms. The topological polar surface area (TPSA) is 81.5 Å². The van der Waals surface area contributed by atoms with E-state index in [2.05, 4.69) is 26.2 Å². The van der Waals surface area contributed by atoms with E-state index in [1.54, 1.807) is 23.2 Å². The zero-order chi connectivity index (χ0) is 23.5. The Morgan fingerprint density at radius 1 is 1.21 bits per heavy atom. The molecule has 1 aliphatic rings. The smallest absolute Gasteiger partial charge is 0.215 e. The summed E-state index contributed by atoms with van der Waals surface area (Å²) in [6.45, 7) is 1.22. The van der Waals surface area contributed by atoms with Crippen molar-refractivity contribution in [2.45, 2.75) is 18.9 Å². The molecule has 1 N–H and O–H groups in total. The van der Waals surface area contributed by atoms with Gasteiger partial charge < -0.3 is 19.4 Å². The molecular formula is C25H24BrN5O3. The first-order chi connectivity index (χ1) is 16.6. The molecule has 1 fully saturated rings.